The fourth-order valence-corrected chi connectivity index (χ4v) is 1.65. The molecule has 0 unspecified atom stereocenters. The summed E-state index contributed by atoms with van der Waals surface area (Å²) in [6, 6.07) is 3.70. The van der Waals surface area contributed by atoms with Crippen LogP contribution in [-0.4, -0.2) is 5.91 Å². The predicted molar refractivity (Wildman–Crippen MR) is 61.6 cm³/mol. The Kier molecular flexibility index (Phi) is 3.76. The van der Waals surface area contributed by atoms with Gasteiger partial charge in [0, 0.05) is 10.6 Å². The zero-order chi connectivity index (χ0) is 11.4. The highest BCUT2D eigenvalue weighted by Crippen LogP contribution is 2.18. The molecule has 2 nitrogen and oxygen atoms in total. The lowest BCUT2D eigenvalue weighted by molar-refractivity contribution is -0.117. The van der Waals surface area contributed by atoms with Gasteiger partial charge in [0.2, 0.25) is 5.91 Å². The Morgan fingerprint density at radius 2 is 1.93 bits per heavy atom. The van der Waals surface area contributed by atoms with Crippen molar-refractivity contribution in [2.75, 3.05) is 0 Å². The molecule has 15 heavy (non-hydrogen) atoms. The number of aryl methyl sites for hydroxylation is 2. The molecule has 1 rings (SSSR count). The number of carbonyl (C=O) groups excluding carboxylic acids is 1. The molecule has 1 aromatic rings. The van der Waals surface area contributed by atoms with Crippen molar-refractivity contribution in [1.29, 1.82) is 0 Å². The van der Waals surface area contributed by atoms with Gasteiger partial charge in [-0.15, -0.1) is 0 Å². The van der Waals surface area contributed by atoms with Gasteiger partial charge in [0.15, 0.2) is 0 Å². The highest BCUT2D eigenvalue weighted by atomic mass is 35.5. The first-order valence-electron chi connectivity index (χ1n) is 4.54. The van der Waals surface area contributed by atoms with E-state index < -0.39 is 5.91 Å². The molecule has 0 bridgehead atoms. The number of rotatable bonds is 1. The van der Waals surface area contributed by atoms with Crippen molar-refractivity contribution in [3.05, 3.63) is 33.8 Å². The third-order valence-corrected chi connectivity index (χ3v) is 2.19. The zero-order valence-electron chi connectivity index (χ0n) is 8.73. The van der Waals surface area contributed by atoms with Gasteiger partial charge in [0.25, 0.3) is 0 Å². The number of nitrogens with two attached hydrogens (primary N) is 1. The van der Waals surface area contributed by atoms with Crippen molar-refractivity contribution in [2.24, 2.45) is 5.73 Å². The van der Waals surface area contributed by atoms with Crippen LogP contribution in [0.1, 0.15) is 23.1 Å². The third kappa shape index (κ3) is 3.30. The van der Waals surface area contributed by atoms with Gasteiger partial charge in [-0.25, -0.2) is 0 Å². The summed E-state index contributed by atoms with van der Waals surface area (Å²) >= 11 is 5.88. The van der Waals surface area contributed by atoms with Gasteiger partial charge >= 0.3 is 0 Å². The number of carbonyl (C=O) groups is 1. The quantitative estimate of drug-likeness (QED) is 0.726. The molecule has 1 amide bonds. The van der Waals surface area contributed by atoms with E-state index in [0.717, 1.165) is 16.7 Å². The topological polar surface area (TPSA) is 43.1 Å². The first kappa shape index (κ1) is 11.6. The molecule has 0 radical (unpaired) electrons. The van der Waals surface area contributed by atoms with Gasteiger partial charge < -0.3 is 5.73 Å². The smallest absolute Gasteiger partial charge is 0.229 e. The Morgan fingerprint density at radius 3 is 2.40 bits per heavy atom. The van der Waals surface area contributed by atoms with Gasteiger partial charge in [0.1, 0.15) is 0 Å². The second kappa shape index (κ2) is 4.86. The largest absolute Gasteiger partial charge is 0.369 e. The lowest BCUT2D eigenvalue weighted by Gasteiger charge is -2.03. The molecule has 2 N–H and O–H groups in total. The maximum atomic E-state index is 10.5. The molecule has 3 heteroatoms. The molecule has 0 aliphatic rings. The van der Waals surface area contributed by atoms with Gasteiger partial charge in [-0.05, 0) is 37.1 Å². The van der Waals surface area contributed by atoms with Crippen LogP contribution in [0.3, 0.4) is 0 Å². The number of benzene rings is 1. The zero-order valence-corrected chi connectivity index (χ0v) is 9.48. The molecular weight excluding hydrogens is 210 g/mol. The summed E-state index contributed by atoms with van der Waals surface area (Å²) in [6.07, 6.45) is 0.0848. The summed E-state index contributed by atoms with van der Waals surface area (Å²) < 4.78 is 0. The number of amides is 1. The second-order valence-electron chi connectivity index (χ2n) is 3.36. The lowest BCUT2D eigenvalue weighted by Crippen LogP contribution is -2.08. The summed E-state index contributed by atoms with van der Waals surface area (Å²) in [5.74, 6) is 5.25. The fourth-order valence-electron chi connectivity index (χ4n) is 1.33. The molecule has 1 aromatic carbocycles. The van der Waals surface area contributed by atoms with E-state index in [0.29, 0.717) is 5.02 Å². The Balaban J connectivity index is 3.03. The Morgan fingerprint density at radius 1 is 1.40 bits per heavy atom. The van der Waals surface area contributed by atoms with Gasteiger partial charge in [-0.3, -0.25) is 4.79 Å². The Bertz CT molecular complexity index is 431. The van der Waals surface area contributed by atoms with Crippen LogP contribution >= 0.6 is 11.6 Å². The molecule has 0 aliphatic heterocycles. The van der Waals surface area contributed by atoms with E-state index in [1.807, 2.05) is 26.0 Å². The van der Waals surface area contributed by atoms with Crippen LogP contribution in [0.5, 0.6) is 0 Å². The van der Waals surface area contributed by atoms with Crippen LogP contribution in [0.15, 0.2) is 12.1 Å². The average Bonchev–Trinajstić information content (AvgIpc) is 2.08. The lowest BCUT2D eigenvalue weighted by atomic mass is 10.0. The Hall–Kier alpha value is -1.46. The van der Waals surface area contributed by atoms with Gasteiger partial charge in [0.05, 0.1) is 6.42 Å². The summed E-state index contributed by atoms with van der Waals surface area (Å²) in [5.41, 5.74) is 7.93. The minimum absolute atomic E-state index is 0.0848. The van der Waals surface area contributed by atoms with Crippen molar-refractivity contribution in [3.8, 4) is 11.8 Å². The van der Waals surface area contributed by atoms with E-state index >= 15 is 0 Å². The van der Waals surface area contributed by atoms with Crippen LogP contribution in [0.4, 0.5) is 0 Å². The normalized spacial score (nSPS) is 9.27. The highest BCUT2D eigenvalue weighted by molar-refractivity contribution is 6.30. The van der Waals surface area contributed by atoms with Crippen LogP contribution in [0.25, 0.3) is 0 Å². The van der Waals surface area contributed by atoms with Crippen LogP contribution < -0.4 is 5.73 Å². The van der Waals surface area contributed by atoms with E-state index in [1.54, 1.807) is 0 Å². The standard InChI is InChI=1S/C12H12ClNO/c1-8-6-10(13)7-9(2)11(8)4-3-5-12(14)15/h6-7H,5H2,1-2H3,(H2,14,15). The van der Waals surface area contributed by atoms with Gasteiger partial charge in [-0.2, -0.15) is 0 Å². The molecule has 78 valence electrons. The summed E-state index contributed by atoms with van der Waals surface area (Å²) in [5, 5.41) is 0.699. The van der Waals surface area contributed by atoms with E-state index in [2.05, 4.69) is 11.8 Å². The van der Waals surface area contributed by atoms with Crippen molar-refractivity contribution < 1.29 is 4.79 Å². The van der Waals surface area contributed by atoms with Gasteiger partial charge in [-0.1, -0.05) is 23.4 Å². The molecule has 0 aliphatic carbocycles. The molecule has 0 aromatic heterocycles. The SMILES string of the molecule is Cc1cc(Cl)cc(C)c1C#CCC(N)=O. The highest BCUT2D eigenvalue weighted by Gasteiger charge is 2.01. The number of hydrogen-bond donors (Lipinski definition) is 1. The maximum absolute atomic E-state index is 10.5. The predicted octanol–water partition coefficient (Wildman–Crippen LogP) is 2.18. The first-order valence-corrected chi connectivity index (χ1v) is 4.92. The molecule has 0 heterocycles. The van der Waals surface area contributed by atoms with E-state index in [-0.39, 0.29) is 6.42 Å². The molecule has 0 saturated carbocycles. The first-order chi connectivity index (χ1) is 7.00. The van der Waals surface area contributed by atoms with Crippen molar-refractivity contribution in [3.63, 3.8) is 0 Å². The maximum Gasteiger partial charge on any atom is 0.229 e. The van der Waals surface area contributed by atoms with Crippen LogP contribution in [0, 0.1) is 25.7 Å². The van der Waals surface area contributed by atoms with E-state index in [4.69, 9.17) is 17.3 Å². The van der Waals surface area contributed by atoms with E-state index in [9.17, 15) is 4.79 Å². The molecule has 0 saturated heterocycles. The monoisotopic (exact) mass is 221 g/mol. The number of hydrogen-bond acceptors (Lipinski definition) is 1. The second-order valence-corrected chi connectivity index (χ2v) is 3.80. The average molecular weight is 222 g/mol. The molecule has 0 spiro atoms. The minimum atomic E-state index is -0.410. The van der Waals surface area contributed by atoms with Crippen molar-refractivity contribution in [1.82, 2.24) is 0 Å². The summed E-state index contributed by atoms with van der Waals surface area (Å²) in [4.78, 5) is 10.5. The van der Waals surface area contributed by atoms with Crippen molar-refractivity contribution in [2.45, 2.75) is 20.3 Å². The molecular formula is C12H12ClNO. The summed E-state index contributed by atoms with van der Waals surface area (Å²) in [6.45, 7) is 3.88. The minimum Gasteiger partial charge on any atom is -0.369 e. The third-order valence-electron chi connectivity index (χ3n) is 1.97. The molecule has 0 atom stereocenters. The van der Waals surface area contributed by atoms with E-state index in [1.165, 1.54) is 0 Å². The van der Waals surface area contributed by atoms with Crippen molar-refractivity contribution >= 4 is 17.5 Å². The molecule has 0 fully saturated rings. The number of halogens is 1. The van der Waals surface area contributed by atoms with Crippen LogP contribution in [0.2, 0.25) is 5.02 Å². The van der Waals surface area contributed by atoms with Crippen LogP contribution in [-0.2, 0) is 4.79 Å². The number of primary amides is 1. The fraction of sp³-hybridized carbons (Fsp3) is 0.250. The summed E-state index contributed by atoms with van der Waals surface area (Å²) in [7, 11) is 0. The Labute approximate surface area is 94.4 Å².